The van der Waals surface area contributed by atoms with Crippen LogP contribution in [0.5, 0.6) is 0 Å². The maximum absolute atomic E-state index is 11.5. The summed E-state index contributed by atoms with van der Waals surface area (Å²) >= 11 is 0. The number of nitrogens with zero attached hydrogens (tertiary/aromatic N) is 1. The molecule has 1 saturated heterocycles. The Morgan fingerprint density at radius 1 is 1.46 bits per heavy atom. The van der Waals surface area contributed by atoms with Crippen LogP contribution >= 0.6 is 0 Å². The number of carbonyl (C=O) groups is 2. The number of hydrogen-bond donors (Lipinski definition) is 1. The van der Waals surface area contributed by atoms with Crippen molar-refractivity contribution in [1.29, 1.82) is 0 Å². The molecule has 0 atom stereocenters. The summed E-state index contributed by atoms with van der Waals surface area (Å²) in [6.07, 6.45) is 0.429. The van der Waals surface area contributed by atoms with Crippen molar-refractivity contribution < 1.29 is 9.59 Å². The van der Waals surface area contributed by atoms with Crippen LogP contribution in [0.15, 0.2) is 0 Å². The Labute approximate surface area is 78.3 Å². The maximum Gasteiger partial charge on any atom is 0.225 e. The van der Waals surface area contributed by atoms with Crippen molar-refractivity contribution in [2.24, 2.45) is 5.92 Å². The lowest BCUT2D eigenvalue weighted by atomic mass is 10.2. The van der Waals surface area contributed by atoms with Crippen LogP contribution < -0.4 is 5.32 Å². The van der Waals surface area contributed by atoms with Crippen LogP contribution in [0.4, 0.5) is 0 Å². The van der Waals surface area contributed by atoms with Gasteiger partial charge in [-0.3, -0.25) is 9.59 Å². The first kappa shape index (κ1) is 10.0. The van der Waals surface area contributed by atoms with E-state index in [0.29, 0.717) is 26.1 Å². The molecule has 0 aliphatic carbocycles. The second-order valence-corrected chi connectivity index (χ2v) is 3.58. The Kier molecular flexibility index (Phi) is 3.28. The minimum atomic E-state index is 0.0215. The second kappa shape index (κ2) is 4.25. The molecule has 13 heavy (non-hydrogen) atoms. The van der Waals surface area contributed by atoms with Crippen LogP contribution in [0.1, 0.15) is 20.3 Å². The van der Waals surface area contributed by atoms with E-state index in [-0.39, 0.29) is 17.7 Å². The van der Waals surface area contributed by atoms with Crippen molar-refractivity contribution in [1.82, 2.24) is 10.2 Å². The molecule has 0 spiro atoms. The van der Waals surface area contributed by atoms with Gasteiger partial charge in [0.15, 0.2) is 0 Å². The van der Waals surface area contributed by atoms with E-state index in [2.05, 4.69) is 5.32 Å². The predicted octanol–water partition coefficient (Wildman–Crippen LogP) is -0.00910. The lowest BCUT2D eigenvalue weighted by Crippen LogP contribution is -2.36. The third-order valence-corrected chi connectivity index (χ3v) is 2.12. The first-order valence-electron chi connectivity index (χ1n) is 4.66. The van der Waals surface area contributed by atoms with Gasteiger partial charge in [0.1, 0.15) is 0 Å². The summed E-state index contributed by atoms with van der Waals surface area (Å²) in [7, 11) is 0. The highest BCUT2D eigenvalue weighted by molar-refractivity contribution is 5.81. The minimum absolute atomic E-state index is 0.0215. The van der Waals surface area contributed by atoms with Gasteiger partial charge in [0.05, 0.1) is 0 Å². The fourth-order valence-corrected chi connectivity index (χ4v) is 1.35. The van der Waals surface area contributed by atoms with E-state index >= 15 is 0 Å². The highest BCUT2D eigenvalue weighted by Crippen LogP contribution is 2.03. The average Bonchev–Trinajstić information content (AvgIpc) is 2.28. The quantitative estimate of drug-likeness (QED) is 0.623. The van der Waals surface area contributed by atoms with E-state index in [9.17, 15) is 9.59 Å². The van der Waals surface area contributed by atoms with Crippen LogP contribution in [0.25, 0.3) is 0 Å². The lowest BCUT2D eigenvalue weighted by molar-refractivity contribution is -0.134. The Balaban J connectivity index is 2.51. The molecular formula is C9H16N2O2. The molecule has 1 fully saturated rings. The SMILES string of the molecule is CC(C)C(=O)N1CCNC(=O)CC1. The summed E-state index contributed by atoms with van der Waals surface area (Å²) in [6, 6.07) is 0. The Bertz CT molecular complexity index is 214. The topological polar surface area (TPSA) is 49.4 Å². The van der Waals surface area contributed by atoms with Crippen LogP contribution in [-0.4, -0.2) is 36.3 Å². The molecule has 0 aromatic rings. The normalized spacial score (nSPS) is 18.4. The summed E-state index contributed by atoms with van der Waals surface area (Å²) in [6.45, 7) is 5.54. The molecule has 1 heterocycles. The Hall–Kier alpha value is -1.06. The molecule has 0 aromatic carbocycles. The van der Waals surface area contributed by atoms with Gasteiger partial charge in [0, 0.05) is 32.0 Å². The van der Waals surface area contributed by atoms with Crippen molar-refractivity contribution in [3.05, 3.63) is 0 Å². The molecule has 4 heteroatoms. The summed E-state index contributed by atoms with van der Waals surface area (Å²) in [5.74, 6) is 0.198. The molecule has 2 amide bonds. The van der Waals surface area contributed by atoms with Gasteiger partial charge in [-0.15, -0.1) is 0 Å². The molecule has 0 radical (unpaired) electrons. The Morgan fingerprint density at radius 2 is 2.15 bits per heavy atom. The second-order valence-electron chi connectivity index (χ2n) is 3.58. The van der Waals surface area contributed by atoms with Gasteiger partial charge in [-0.2, -0.15) is 0 Å². The number of nitrogens with one attached hydrogen (secondary N) is 1. The van der Waals surface area contributed by atoms with Gasteiger partial charge >= 0.3 is 0 Å². The van der Waals surface area contributed by atoms with Crippen LogP contribution in [-0.2, 0) is 9.59 Å². The van der Waals surface area contributed by atoms with Crippen LogP contribution in [0.3, 0.4) is 0 Å². The van der Waals surface area contributed by atoms with Crippen LogP contribution in [0.2, 0.25) is 0 Å². The summed E-state index contributed by atoms with van der Waals surface area (Å²) < 4.78 is 0. The highest BCUT2D eigenvalue weighted by Gasteiger charge is 2.19. The fraction of sp³-hybridized carbons (Fsp3) is 0.778. The number of rotatable bonds is 1. The van der Waals surface area contributed by atoms with Crippen molar-refractivity contribution in [3.63, 3.8) is 0 Å². The third kappa shape index (κ3) is 2.72. The minimum Gasteiger partial charge on any atom is -0.354 e. The first-order valence-corrected chi connectivity index (χ1v) is 4.66. The summed E-state index contributed by atoms with van der Waals surface area (Å²) in [5, 5.41) is 2.74. The van der Waals surface area contributed by atoms with Gasteiger partial charge in [0.2, 0.25) is 11.8 Å². The molecular weight excluding hydrogens is 168 g/mol. The summed E-state index contributed by atoms with van der Waals surface area (Å²) in [5.41, 5.74) is 0. The molecule has 0 unspecified atom stereocenters. The number of carbonyl (C=O) groups excluding carboxylic acids is 2. The lowest BCUT2D eigenvalue weighted by Gasteiger charge is -2.21. The van der Waals surface area contributed by atoms with E-state index in [1.165, 1.54) is 0 Å². The van der Waals surface area contributed by atoms with E-state index in [1.807, 2.05) is 13.8 Å². The van der Waals surface area contributed by atoms with E-state index in [4.69, 9.17) is 0 Å². The standard InChI is InChI=1S/C9H16N2O2/c1-7(2)9(13)11-5-3-8(12)10-4-6-11/h7H,3-6H2,1-2H3,(H,10,12). The molecule has 0 aromatic heterocycles. The first-order chi connectivity index (χ1) is 6.11. The third-order valence-electron chi connectivity index (χ3n) is 2.12. The molecule has 1 rings (SSSR count). The zero-order chi connectivity index (χ0) is 9.84. The van der Waals surface area contributed by atoms with Crippen molar-refractivity contribution in [2.75, 3.05) is 19.6 Å². The Morgan fingerprint density at radius 3 is 2.77 bits per heavy atom. The van der Waals surface area contributed by atoms with Gasteiger partial charge < -0.3 is 10.2 Å². The fourth-order valence-electron chi connectivity index (χ4n) is 1.35. The average molecular weight is 184 g/mol. The zero-order valence-corrected chi connectivity index (χ0v) is 8.17. The number of amides is 2. The van der Waals surface area contributed by atoms with Crippen molar-refractivity contribution >= 4 is 11.8 Å². The largest absolute Gasteiger partial charge is 0.354 e. The molecule has 4 nitrogen and oxygen atoms in total. The van der Waals surface area contributed by atoms with Crippen LogP contribution in [0, 0.1) is 5.92 Å². The van der Waals surface area contributed by atoms with Crippen molar-refractivity contribution in [3.8, 4) is 0 Å². The van der Waals surface area contributed by atoms with Gasteiger partial charge in [-0.05, 0) is 0 Å². The van der Waals surface area contributed by atoms with Gasteiger partial charge in [-0.1, -0.05) is 13.8 Å². The van der Waals surface area contributed by atoms with E-state index in [1.54, 1.807) is 4.90 Å². The predicted molar refractivity (Wildman–Crippen MR) is 49.0 cm³/mol. The zero-order valence-electron chi connectivity index (χ0n) is 8.17. The molecule has 0 bridgehead atoms. The van der Waals surface area contributed by atoms with E-state index in [0.717, 1.165) is 0 Å². The summed E-state index contributed by atoms with van der Waals surface area (Å²) in [4.78, 5) is 24.3. The molecule has 74 valence electrons. The van der Waals surface area contributed by atoms with Gasteiger partial charge in [0.25, 0.3) is 0 Å². The molecule has 1 aliphatic heterocycles. The molecule has 1 aliphatic rings. The monoisotopic (exact) mass is 184 g/mol. The molecule has 1 N–H and O–H groups in total. The highest BCUT2D eigenvalue weighted by atomic mass is 16.2. The van der Waals surface area contributed by atoms with Crippen molar-refractivity contribution in [2.45, 2.75) is 20.3 Å². The van der Waals surface area contributed by atoms with Gasteiger partial charge in [-0.25, -0.2) is 0 Å². The maximum atomic E-state index is 11.5. The number of hydrogen-bond acceptors (Lipinski definition) is 2. The van der Waals surface area contributed by atoms with E-state index < -0.39 is 0 Å². The molecule has 0 saturated carbocycles. The smallest absolute Gasteiger partial charge is 0.225 e.